The lowest BCUT2D eigenvalue weighted by molar-refractivity contribution is -0.250. The zero-order chi connectivity index (χ0) is 14.2. The molecule has 6 heteroatoms. The number of aromatic hydroxyl groups is 1. The summed E-state index contributed by atoms with van der Waals surface area (Å²) in [4.78, 5) is 0. The van der Waals surface area contributed by atoms with E-state index in [1.807, 2.05) is 0 Å². The first-order chi connectivity index (χ1) is 7.96. The minimum Gasteiger partial charge on any atom is -0.508 e. The van der Waals surface area contributed by atoms with Crippen LogP contribution in [0.3, 0.4) is 0 Å². The normalized spacial score (nSPS) is 16.4. The Morgan fingerprint density at radius 1 is 1.06 bits per heavy atom. The van der Waals surface area contributed by atoms with Gasteiger partial charge in [-0.1, -0.05) is 12.1 Å². The number of hydrogen-bond acceptors (Lipinski definition) is 2. The van der Waals surface area contributed by atoms with E-state index in [9.17, 15) is 13.2 Å². The first-order valence-corrected chi connectivity index (χ1v) is 8.93. The molecule has 0 radical (unpaired) electrons. The molecule has 18 heavy (non-hydrogen) atoms. The monoisotopic (exact) mass is 278 g/mol. The molecule has 1 aromatic carbocycles. The van der Waals surface area contributed by atoms with Crippen LogP contribution < -0.4 is 0 Å². The Kier molecular flexibility index (Phi) is 3.83. The van der Waals surface area contributed by atoms with Crippen LogP contribution in [0.4, 0.5) is 13.2 Å². The number of alkyl halides is 3. The van der Waals surface area contributed by atoms with Crippen molar-refractivity contribution >= 4 is 8.32 Å². The fraction of sp³-hybridized carbons (Fsp3) is 0.500. The second-order valence-corrected chi connectivity index (χ2v) is 9.72. The van der Waals surface area contributed by atoms with E-state index in [1.54, 1.807) is 19.6 Å². The van der Waals surface area contributed by atoms with Crippen LogP contribution in [0.15, 0.2) is 24.3 Å². The van der Waals surface area contributed by atoms with Gasteiger partial charge >= 0.3 is 6.18 Å². The summed E-state index contributed by atoms with van der Waals surface area (Å²) in [7, 11) is -2.38. The van der Waals surface area contributed by atoms with Crippen LogP contribution in [0.1, 0.15) is 12.5 Å². The fourth-order valence-corrected chi connectivity index (χ4v) is 3.13. The van der Waals surface area contributed by atoms with Crippen LogP contribution in [-0.2, 0) is 10.0 Å². The number of halogens is 3. The maximum Gasteiger partial charge on any atom is 0.420 e. The van der Waals surface area contributed by atoms with Gasteiger partial charge in [0.2, 0.25) is 0 Å². The zero-order valence-electron chi connectivity index (χ0n) is 10.8. The molecule has 0 spiro atoms. The largest absolute Gasteiger partial charge is 0.508 e. The van der Waals surface area contributed by atoms with Crippen molar-refractivity contribution in [2.45, 2.75) is 38.3 Å². The second kappa shape index (κ2) is 4.58. The highest BCUT2D eigenvalue weighted by atomic mass is 28.4. The molecule has 2 nitrogen and oxygen atoms in total. The molecule has 1 unspecified atom stereocenters. The minimum atomic E-state index is -4.51. The van der Waals surface area contributed by atoms with Crippen molar-refractivity contribution in [1.82, 2.24) is 0 Å². The van der Waals surface area contributed by atoms with Crippen LogP contribution in [0.2, 0.25) is 19.6 Å². The van der Waals surface area contributed by atoms with Gasteiger partial charge in [0, 0.05) is 0 Å². The van der Waals surface area contributed by atoms with E-state index in [0.717, 1.165) is 6.92 Å². The SMILES string of the molecule is CC(O[Si](C)(C)C)(c1ccc(O)cc1)C(F)(F)F. The summed E-state index contributed by atoms with van der Waals surface area (Å²) in [5, 5.41) is 9.14. The molecule has 0 fully saturated rings. The Morgan fingerprint density at radius 2 is 1.50 bits per heavy atom. The van der Waals surface area contributed by atoms with E-state index in [-0.39, 0.29) is 11.3 Å². The van der Waals surface area contributed by atoms with Crippen molar-refractivity contribution in [3.63, 3.8) is 0 Å². The molecule has 0 aliphatic carbocycles. The molecule has 0 saturated carbocycles. The van der Waals surface area contributed by atoms with Crippen LogP contribution in [0.5, 0.6) is 5.75 Å². The molecule has 1 atom stereocenters. The Hall–Kier alpha value is -1.01. The molecule has 0 bridgehead atoms. The van der Waals surface area contributed by atoms with Gasteiger partial charge in [-0.25, -0.2) is 0 Å². The summed E-state index contributed by atoms with van der Waals surface area (Å²) in [5.74, 6) is -0.0729. The number of rotatable bonds is 3. The lowest BCUT2D eigenvalue weighted by Gasteiger charge is -2.38. The Balaban J connectivity index is 3.25. The lowest BCUT2D eigenvalue weighted by Crippen LogP contribution is -2.48. The third-order valence-corrected chi connectivity index (χ3v) is 3.49. The van der Waals surface area contributed by atoms with Gasteiger partial charge in [0.15, 0.2) is 13.9 Å². The Bertz CT molecular complexity index is 409. The predicted octanol–water partition coefficient (Wildman–Crippen LogP) is 4.02. The number of hydrogen-bond donors (Lipinski definition) is 1. The van der Waals surface area contributed by atoms with Gasteiger partial charge in [-0.3, -0.25) is 0 Å². The summed E-state index contributed by atoms with van der Waals surface area (Å²) in [6.45, 7) is 6.14. The van der Waals surface area contributed by atoms with Gasteiger partial charge in [-0.2, -0.15) is 13.2 Å². The maximum absolute atomic E-state index is 13.3. The first kappa shape index (κ1) is 15.0. The zero-order valence-corrected chi connectivity index (χ0v) is 11.8. The third kappa shape index (κ3) is 3.26. The van der Waals surface area contributed by atoms with Crippen LogP contribution in [-0.4, -0.2) is 19.6 Å². The van der Waals surface area contributed by atoms with Gasteiger partial charge in [0.25, 0.3) is 0 Å². The number of phenolic OH excluding ortho intramolecular Hbond substituents is 1. The molecule has 0 amide bonds. The molecule has 1 N–H and O–H groups in total. The maximum atomic E-state index is 13.3. The van der Waals surface area contributed by atoms with E-state index in [4.69, 9.17) is 9.53 Å². The number of benzene rings is 1. The van der Waals surface area contributed by atoms with Crippen molar-refractivity contribution in [3.8, 4) is 5.75 Å². The first-order valence-electron chi connectivity index (χ1n) is 5.52. The smallest absolute Gasteiger partial charge is 0.420 e. The minimum absolute atomic E-state index is 0.00442. The topological polar surface area (TPSA) is 29.5 Å². The summed E-state index contributed by atoms with van der Waals surface area (Å²) in [6.07, 6.45) is -4.51. The predicted molar refractivity (Wildman–Crippen MR) is 65.9 cm³/mol. The summed E-state index contributed by atoms with van der Waals surface area (Å²) in [6, 6.07) is 4.94. The van der Waals surface area contributed by atoms with Crippen LogP contribution in [0, 0.1) is 0 Å². The van der Waals surface area contributed by atoms with Crippen LogP contribution in [0.25, 0.3) is 0 Å². The van der Waals surface area contributed by atoms with E-state index >= 15 is 0 Å². The van der Waals surface area contributed by atoms with Crippen molar-refractivity contribution in [3.05, 3.63) is 29.8 Å². The molecule has 0 aliphatic rings. The Labute approximate surface area is 106 Å². The van der Waals surface area contributed by atoms with Crippen molar-refractivity contribution in [1.29, 1.82) is 0 Å². The summed E-state index contributed by atoms with van der Waals surface area (Å²) < 4.78 is 45.1. The Morgan fingerprint density at radius 3 is 1.83 bits per heavy atom. The fourth-order valence-electron chi connectivity index (χ4n) is 1.67. The summed E-state index contributed by atoms with van der Waals surface area (Å²) in [5.41, 5.74) is -2.35. The highest BCUT2D eigenvalue weighted by Crippen LogP contribution is 2.43. The van der Waals surface area contributed by atoms with Gasteiger partial charge in [0.05, 0.1) is 0 Å². The van der Waals surface area contributed by atoms with Gasteiger partial charge in [-0.15, -0.1) is 0 Å². The van der Waals surface area contributed by atoms with Crippen LogP contribution >= 0.6 is 0 Å². The van der Waals surface area contributed by atoms with Gasteiger partial charge < -0.3 is 9.53 Å². The van der Waals surface area contributed by atoms with E-state index in [1.165, 1.54) is 24.3 Å². The number of phenols is 1. The van der Waals surface area contributed by atoms with E-state index in [0.29, 0.717) is 0 Å². The van der Waals surface area contributed by atoms with Crippen molar-refractivity contribution in [2.75, 3.05) is 0 Å². The molecule has 102 valence electrons. The molecule has 1 aromatic rings. The third-order valence-electron chi connectivity index (χ3n) is 2.47. The average molecular weight is 278 g/mol. The van der Waals surface area contributed by atoms with Gasteiger partial charge in [-0.05, 0) is 44.3 Å². The molecule has 0 aromatic heterocycles. The van der Waals surface area contributed by atoms with E-state index < -0.39 is 20.1 Å². The molecule has 0 saturated heterocycles. The quantitative estimate of drug-likeness (QED) is 0.846. The van der Waals surface area contributed by atoms with E-state index in [2.05, 4.69) is 0 Å². The molecular formula is C12H17F3O2Si. The lowest BCUT2D eigenvalue weighted by atomic mass is 9.95. The van der Waals surface area contributed by atoms with Crippen molar-refractivity contribution < 1.29 is 22.7 Å². The van der Waals surface area contributed by atoms with Crippen molar-refractivity contribution in [2.24, 2.45) is 0 Å². The second-order valence-electron chi connectivity index (χ2n) is 5.29. The standard InChI is InChI=1S/C12H17F3O2Si/c1-11(12(13,14)15,17-18(2,3)4)9-5-7-10(16)8-6-9/h5-8,16H,1-4H3. The molecule has 0 aliphatic heterocycles. The molecular weight excluding hydrogens is 261 g/mol. The highest BCUT2D eigenvalue weighted by Gasteiger charge is 2.55. The molecule has 0 heterocycles. The summed E-state index contributed by atoms with van der Waals surface area (Å²) >= 11 is 0. The average Bonchev–Trinajstić information content (AvgIpc) is 2.13. The molecule has 1 rings (SSSR count). The van der Waals surface area contributed by atoms with Gasteiger partial charge in [0.1, 0.15) is 5.75 Å². The highest BCUT2D eigenvalue weighted by molar-refractivity contribution is 6.69.